The van der Waals surface area contributed by atoms with E-state index in [-0.39, 0.29) is 40.8 Å². The molecule has 162 valence electrons. The summed E-state index contributed by atoms with van der Waals surface area (Å²) in [6, 6.07) is 13.7. The van der Waals surface area contributed by atoms with Crippen LogP contribution in [0.25, 0.3) is 0 Å². The minimum atomic E-state index is -3.88. The molecule has 30 heavy (non-hydrogen) atoms. The number of aliphatic hydroxyl groups excluding tert-OH is 1. The molecule has 0 bridgehead atoms. The molecule has 3 rings (SSSR count). The van der Waals surface area contributed by atoms with Crippen molar-refractivity contribution in [2.24, 2.45) is 0 Å². The zero-order valence-corrected chi connectivity index (χ0v) is 18.1. The minimum Gasteiger partial charge on any atom is -0.495 e. The molecular formula is C22H28N2O5S. The van der Waals surface area contributed by atoms with Crippen molar-refractivity contribution in [3.05, 3.63) is 59.7 Å². The van der Waals surface area contributed by atoms with Gasteiger partial charge in [0.1, 0.15) is 10.6 Å². The number of aliphatic hydroxyl groups is 1. The van der Waals surface area contributed by atoms with Crippen LogP contribution in [0.3, 0.4) is 0 Å². The van der Waals surface area contributed by atoms with Gasteiger partial charge in [0, 0.05) is 25.2 Å². The minimum absolute atomic E-state index is 0.0242. The first-order valence-corrected chi connectivity index (χ1v) is 11.4. The molecule has 1 aliphatic rings. The number of methoxy groups -OCH3 is 1. The Morgan fingerprint density at radius 2 is 1.80 bits per heavy atom. The molecule has 1 aliphatic carbocycles. The van der Waals surface area contributed by atoms with Crippen LogP contribution in [0.4, 0.5) is 0 Å². The molecule has 0 aromatic heterocycles. The molecule has 0 heterocycles. The highest BCUT2D eigenvalue weighted by atomic mass is 32.2. The highest BCUT2D eigenvalue weighted by molar-refractivity contribution is 7.89. The molecule has 0 aliphatic heterocycles. The Hall–Kier alpha value is -2.42. The SMILES string of the molecule is COc1ccc(C(=O)NC2CCC(O)CC2)cc1S(=O)(=O)N(C)Cc1ccccc1. The van der Waals surface area contributed by atoms with E-state index >= 15 is 0 Å². The molecule has 1 saturated carbocycles. The average molecular weight is 433 g/mol. The number of nitrogens with one attached hydrogen (secondary N) is 1. The van der Waals surface area contributed by atoms with Crippen LogP contribution in [0.5, 0.6) is 5.75 Å². The monoisotopic (exact) mass is 432 g/mol. The first-order valence-electron chi connectivity index (χ1n) is 9.98. The van der Waals surface area contributed by atoms with Gasteiger partial charge in [-0.25, -0.2) is 8.42 Å². The van der Waals surface area contributed by atoms with Gasteiger partial charge in [-0.1, -0.05) is 30.3 Å². The molecule has 0 radical (unpaired) electrons. The van der Waals surface area contributed by atoms with Gasteiger partial charge in [-0.3, -0.25) is 4.79 Å². The number of sulfonamides is 1. The zero-order valence-electron chi connectivity index (χ0n) is 17.2. The van der Waals surface area contributed by atoms with E-state index < -0.39 is 10.0 Å². The summed E-state index contributed by atoms with van der Waals surface area (Å²) in [5, 5.41) is 12.6. The number of carbonyl (C=O) groups excluding carboxylic acids is 1. The third-order valence-corrected chi connectivity index (χ3v) is 7.22. The van der Waals surface area contributed by atoms with Crippen molar-refractivity contribution in [2.75, 3.05) is 14.2 Å². The van der Waals surface area contributed by atoms with E-state index in [2.05, 4.69) is 5.32 Å². The van der Waals surface area contributed by atoms with Gasteiger partial charge < -0.3 is 15.2 Å². The molecular weight excluding hydrogens is 404 g/mol. The first kappa shape index (κ1) is 22.3. The van der Waals surface area contributed by atoms with Crippen LogP contribution < -0.4 is 10.1 Å². The lowest BCUT2D eigenvalue weighted by Crippen LogP contribution is -2.38. The Morgan fingerprint density at radius 3 is 2.43 bits per heavy atom. The zero-order chi connectivity index (χ0) is 21.7. The largest absolute Gasteiger partial charge is 0.495 e. The number of nitrogens with zero attached hydrogens (tertiary/aromatic N) is 1. The average Bonchev–Trinajstić information content (AvgIpc) is 2.75. The van der Waals surface area contributed by atoms with Crippen LogP contribution >= 0.6 is 0 Å². The van der Waals surface area contributed by atoms with Crippen molar-refractivity contribution in [3.63, 3.8) is 0 Å². The van der Waals surface area contributed by atoms with Gasteiger partial charge in [0.25, 0.3) is 5.91 Å². The van der Waals surface area contributed by atoms with Gasteiger partial charge in [-0.15, -0.1) is 0 Å². The molecule has 2 aromatic rings. The summed E-state index contributed by atoms with van der Waals surface area (Å²) in [5.74, 6) is -0.145. The molecule has 8 heteroatoms. The molecule has 0 saturated heterocycles. The van der Waals surface area contributed by atoms with Crippen molar-refractivity contribution >= 4 is 15.9 Å². The van der Waals surface area contributed by atoms with Crippen molar-refractivity contribution in [1.29, 1.82) is 0 Å². The molecule has 7 nitrogen and oxygen atoms in total. The maximum Gasteiger partial charge on any atom is 0.251 e. The summed E-state index contributed by atoms with van der Waals surface area (Å²) in [7, 11) is -0.978. The number of benzene rings is 2. The second-order valence-corrected chi connectivity index (χ2v) is 9.60. The standard InChI is InChI=1S/C22H28N2O5S/c1-24(15-16-6-4-3-5-7-16)30(27,28)21-14-17(8-13-20(21)29-2)22(26)23-18-9-11-19(25)12-10-18/h3-8,13-14,18-19,25H,9-12,15H2,1-2H3,(H,23,26). The lowest BCUT2D eigenvalue weighted by Gasteiger charge is -2.26. The van der Waals surface area contributed by atoms with Gasteiger partial charge in [-0.05, 0) is 49.4 Å². The molecule has 0 unspecified atom stereocenters. The van der Waals surface area contributed by atoms with Crippen molar-refractivity contribution < 1.29 is 23.1 Å². The lowest BCUT2D eigenvalue weighted by molar-refractivity contribution is 0.0867. The van der Waals surface area contributed by atoms with Gasteiger partial charge >= 0.3 is 0 Å². The number of amides is 1. The summed E-state index contributed by atoms with van der Waals surface area (Å²) in [6.07, 6.45) is 2.40. The predicted molar refractivity (Wildman–Crippen MR) is 114 cm³/mol. The summed E-state index contributed by atoms with van der Waals surface area (Å²) in [4.78, 5) is 12.7. The molecule has 1 amide bonds. The number of rotatable bonds is 7. The molecule has 2 aromatic carbocycles. The van der Waals surface area contributed by atoms with Crippen LogP contribution in [0.2, 0.25) is 0 Å². The fourth-order valence-corrected chi connectivity index (χ4v) is 4.94. The number of carbonyl (C=O) groups is 1. The van der Waals surface area contributed by atoms with Gasteiger partial charge in [-0.2, -0.15) is 4.31 Å². The van der Waals surface area contributed by atoms with E-state index in [0.29, 0.717) is 25.7 Å². The Labute approximate surface area is 177 Å². The van der Waals surface area contributed by atoms with E-state index in [1.165, 1.54) is 30.6 Å². The van der Waals surface area contributed by atoms with Crippen LogP contribution in [0.15, 0.2) is 53.4 Å². The first-order chi connectivity index (χ1) is 14.3. The predicted octanol–water partition coefficient (Wildman–Crippen LogP) is 2.55. The quantitative estimate of drug-likeness (QED) is 0.701. The highest BCUT2D eigenvalue weighted by Gasteiger charge is 2.27. The topological polar surface area (TPSA) is 95.9 Å². The fraction of sp³-hybridized carbons (Fsp3) is 0.409. The van der Waals surface area contributed by atoms with Gasteiger partial charge in [0.2, 0.25) is 10.0 Å². The van der Waals surface area contributed by atoms with E-state index in [0.717, 1.165) is 5.56 Å². The van der Waals surface area contributed by atoms with Crippen molar-refractivity contribution in [1.82, 2.24) is 9.62 Å². The normalized spacial score (nSPS) is 19.5. The Bertz CT molecular complexity index is 970. The van der Waals surface area contributed by atoms with Gasteiger partial charge in [0.05, 0.1) is 13.2 Å². The third kappa shape index (κ3) is 5.19. The van der Waals surface area contributed by atoms with Crippen LogP contribution in [0.1, 0.15) is 41.6 Å². The second-order valence-electron chi connectivity index (χ2n) is 7.59. The summed E-state index contributed by atoms with van der Waals surface area (Å²) >= 11 is 0. The fourth-order valence-electron chi connectivity index (χ4n) is 3.60. The third-order valence-electron chi connectivity index (χ3n) is 5.39. The van der Waals surface area contributed by atoms with E-state index in [9.17, 15) is 18.3 Å². The van der Waals surface area contributed by atoms with E-state index in [4.69, 9.17) is 4.74 Å². The Balaban J connectivity index is 1.81. The maximum absolute atomic E-state index is 13.2. The number of hydrogen-bond acceptors (Lipinski definition) is 5. The molecule has 1 fully saturated rings. The maximum atomic E-state index is 13.2. The van der Waals surface area contributed by atoms with E-state index in [1.54, 1.807) is 6.07 Å². The van der Waals surface area contributed by atoms with Crippen molar-refractivity contribution in [2.45, 2.75) is 49.3 Å². The van der Waals surface area contributed by atoms with Crippen LogP contribution in [-0.2, 0) is 16.6 Å². The number of hydrogen-bond donors (Lipinski definition) is 2. The van der Waals surface area contributed by atoms with E-state index in [1.807, 2.05) is 30.3 Å². The summed E-state index contributed by atoms with van der Waals surface area (Å²) < 4.78 is 32.9. The Morgan fingerprint density at radius 1 is 1.13 bits per heavy atom. The number of ether oxygens (including phenoxy) is 1. The van der Waals surface area contributed by atoms with Crippen LogP contribution in [0, 0.1) is 0 Å². The Kier molecular flexibility index (Phi) is 7.12. The molecule has 0 atom stereocenters. The second kappa shape index (κ2) is 9.59. The smallest absolute Gasteiger partial charge is 0.251 e. The molecule has 0 spiro atoms. The summed E-state index contributed by atoms with van der Waals surface area (Å²) in [6.45, 7) is 0.202. The van der Waals surface area contributed by atoms with Crippen LogP contribution in [-0.4, -0.2) is 50.0 Å². The van der Waals surface area contributed by atoms with Crippen molar-refractivity contribution in [3.8, 4) is 5.75 Å². The highest BCUT2D eigenvalue weighted by Crippen LogP contribution is 2.28. The lowest BCUT2D eigenvalue weighted by atomic mass is 9.93. The summed E-state index contributed by atoms with van der Waals surface area (Å²) in [5.41, 5.74) is 1.12. The van der Waals surface area contributed by atoms with Gasteiger partial charge in [0.15, 0.2) is 0 Å². The molecule has 2 N–H and O–H groups in total.